The molecule has 2 saturated heterocycles. The zero-order valence-electron chi connectivity index (χ0n) is 24.5. The fourth-order valence-electron chi connectivity index (χ4n) is 4.84. The first-order chi connectivity index (χ1) is 21.4. The third-order valence-electron chi connectivity index (χ3n) is 7.03. The van der Waals surface area contributed by atoms with E-state index < -0.39 is 56.2 Å². The van der Waals surface area contributed by atoms with Crippen LogP contribution in [0.5, 0.6) is 5.75 Å². The molecule has 3 unspecified atom stereocenters. The van der Waals surface area contributed by atoms with E-state index in [1.165, 1.54) is 25.3 Å². The minimum atomic E-state index is -4.92. The summed E-state index contributed by atoms with van der Waals surface area (Å²) in [6.45, 7) is 1.95. The number of carbonyl (C=O) groups excluding carboxylic acids is 1. The van der Waals surface area contributed by atoms with Gasteiger partial charge in [-0.05, 0) is 44.4 Å². The van der Waals surface area contributed by atoms with Crippen LogP contribution in [0.3, 0.4) is 0 Å². The van der Waals surface area contributed by atoms with E-state index in [1.54, 1.807) is 24.3 Å². The van der Waals surface area contributed by atoms with Crippen LogP contribution in [0.15, 0.2) is 51.8 Å². The molecular formula is C27H35N4O13P. The topological polar surface area (TPSA) is 227 Å². The number of nitrogens with zero attached hydrogens (tertiary/aromatic N) is 3. The summed E-state index contributed by atoms with van der Waals surface area (Å²) in [6.07, 6.45) is -2.92. The number of aliphatic hydroxyl groups is 3. The van der Waals surface area contributed by atoms with Gasteiger partial charge in [0.1, 0.15) is 24.2 Å². The first-order valence-corrected chi connectivity index (χ1v) is 15.6. The number of benzene rings is 1. The van der Waals surface area contributed by atoms with Crippen LogP contribution in [0, 0.1) is 0 Å². The van der Waals surface area contributed by atoms with Crippen molar-refractivity contribution in [1.29, 1.82) is 0 Å². The Kier molecular flexibility index (Phi) is 10.0. The largest absolute Gasteiger partial charge is 0.517 e. The van der Waals surface area contributed by atoms with E-state index in [2.05, 4.69) is 4.98 Å². The molecule has 0 aliphatic carbocycles. The number of para-hydroxylation sites is 1. The van der Waals surface area contributed by atoms with E-state index in [1.807, 2.05) is 0 Å². The molecule has 2 fully saturated rings. The molecule has 2 aromatic heterocycles. The number of amides is 1. The van der Waals surface area contributed by atoms with Gasteiger partial charge in [0.2, 0.25) is 5.71 Å². The van der Waals surface area contributed by atoms with Crippen molar-refractivity contribution in [3.8, 4) is 5.75 Å². The monoisotopic (exact) mass is 654 g/mol. The van der Waals surface area contributed by atoms with Crippen molar-refractivity contribution < 1.29 is 57.2 Å². The van der Waals surface area contributed by atoms with Crippen molar-refractivity contribution >= 4 is 24.8 Å². The average molecular weight is 655 g/mol. The number of rotatable bonds is 12. The second-order valence-corrected chi connectivity index (χ2v) is 12.2. The molecule has 2 aliphatic heterocycles. The second kappa shape index (κ2) is 13.6. The summed E-state index contributed by atoms with van der Waals surface area (Å²) in [5.41, 5.74) is 4.63. The van der Waals surface area contributed by atoms with Crippen LogP contribution < -0.4 is 15.9 Å². The molecule has 17 nitrogen and oxygen atoms in total. The van der Waals surface area contributed by atoms with Crippen molar-refractivity contribution in [2.24, 2.45) is 5.73 Å². The van der Waals surface area contributed by atoms with E-state index in [-0.39, 0.29) is 29.2 Å². The molecular weight excluding hydrogens is 619 g/mol. The Morgan fingerprint density at radius 1 is 1.31 bits per heavy atom. The van der Waals surface area contributed by atoms with Gasteiger partial charge in [-0.1, -0.05) is 18.2 Å². The van der Waals surface area contributed by atoms with Gasteiger partial charge in [-0.3, -0.25) is 9.63 Å². The van der Waals surface area contributed by atoms with Gasteiger partial charge in [-0.25, -0.2) is 18.5 Å². The highest BCUT2D eigenvalue weighted by Crippen LogP contribution is 2.54. The van der Waals surface area contributed by atoms with Crippen molar-refractivity contribution in [2.45, 2.75) is 76.0 Å². The molecule has 0 saturated carbocycles. The highest BCUT2D eigenvalue weighted by molar-refractivity contribution is 7.52. The Labute approximate surface area is 256 Å². The van der Waals surface area contributed by atoms with Crippen LogP contribution in [-0.2, 0) is 45.4 Å². The molecule has 3 aromatic rings. The molecule has 0 radical (unpaired) electrons. The number of ether oxygens (including phenoxy) is 3. The lowest BCUT2D eigenvalue weighted by molar-refractivity contribution is -0.281. The number of nitrogens with two attached hydrogens (primary N) is 1. The summed E-state index contributed by atoms with van der Waals surface area (Å²) >= 11 is 0. The maximum Gasteiger partial charge on any atom is 0.517 e. The molecule has 0 spiro atoms. The van der Waals surface area contributed by atoms with Crippen LogP contribution in [0.4, 0.5) is 0 Å². The number of hydrogen-bond donors (Lipinski definition) is 4. The van der Waals surface area contributed by atoms with Crippen molar-refractivity contribution in [2.75, 3.05) is 13.7 Å². The van der Waals surface area contributed by atoms with Crippen molar-refractivity contribution in [1.82, 2.24) is 14.4 Å². The summed E-state index contributed by atoms with van der Waals surface area (Å²) in [4.78, 5) is 34.7. The van der Waals surface area contributed by atoms with E-state index in [0.717, 1.165) is 26.4 Å². The predicted octanol–water partition coefficient (Wildman–Crippen LogP) is 1.04. The van der Waals surface area contributed by atoms with Gasteiger partial charge in [0.25, 0.3) is 11.8 Å². The minimum absolute atomic E-state index is 0.0287. The van der Waals surface area contributed by atoms with E-state index in [4.69, 9.17) is 38.2 Å². The quantitative estimate of drug-likeness (QED) is 0.122. The van der Waals surface area contributed by atoms with Crippen LogP contribution >= 0.6 is 7.75 Å². The Morgan fingerprint density at radius 2 is 2.07 bits per heavy atom. The normalized spacial score (nSPS) is 26.3. The molecule has 4 heterocycles. The standard InChI is InChI=1S/C27H35N4O13P/c1-16(28)24(33)31(38-2)45(37,43-18-8-4-3-5-9-18)44-25(34)22-20(32)13-27(36,42-22)30-14-17-12-19(41-23(17)29-26(30)35)15-40-21-10-6-7-11-39-21/h3-5,8-9,12,14,16,20-22,25,32,34,36H,6-7,10-11,13,15,28H2,1-2H3/t16-,20-,21?,22-,25?,27-,45?/m0/s1. The summed E-state index contributed by atoms with van der Waals surface area (Å²) in [5.74, 6) is -3.24. The van der Waals surface area contributed by atoms with Gasteiger partial charge in [0, 0.05) is 12.8 Å². The maximum absolute atomic E-state index is 13.9. The summed E-state index contributed by atoms with van der Waals surface area (Å²) in [7, 11) is -3.92. The number of hydroxylamine groups is 1. The Hall–Kier alpha value is -3.22. The molecule has 246 valence electrons. The van der Waals surface area contributed by atoms with E-state index in [9.17, 15) is 29.5 Å². The Balaban J connectivity index is 1.35. The van der Waals surface area contributed by atoms with Gasteiger partial charge >= 0.3 is 13.4 Å². The molecule has 2 aliphatic rings. The lowest BCUT2D eigenvalue weighted by atomic mass is 10.1. The fourth-order valence-corrected chi connectivity index (χ4v) is 6.44. The lowest BCUT2D eigenvalue weighted by Crippen LogP contribution is -2.44. The number of aromatic nitrogens is 2. The molecule has 7 atom stereocenters. The second-order valence-electron chi connectivity index (χ2n) is 10.5. The number of aliphatic hydroxyl groups excluding tert-OH is 2. The molecule has 45 heavy (non-hydrogen) atoms. The van der Waals surface area contributed by atoms with Crippen molar-refractivity contribution in [3.05, 3.63) is 58.8 Å². The highest BCUT2D eigenvalue weighted by Gasteiger charge is 2.53. The van der Waals surface area contributed by atoms with Crippen LogP contribution in [0.2, 0.25) is 0 Å². The third-order valence-corrected chi connectivity index (χ3v) is 8.76. The molecule has 5 N–H and O–H groups in total. The van der Waals surface area contributed by atoms with Crippen molar-refractivity contribution in [3.63, 3.8) is 0 Å². The SMILES string of the molecule is CON(C(=O)[C@H](C)N)P(=O)(Oc1ccccc1)OC(O)[C@H]1O[C@](O)(n2cc3cc(COC4CCCCO4)oc3nc2=O)C[C@@H]1O. The van der Waals surface area contributed by atoms with Gasteiger partial charge in [-0.2, -0.15) is 4.98 Å². The van der Waals surface area contributed by atoms with Gasteiger partial charge in [0.05, 0.1) is 31.1 Å². The molecule has 5 rings (SSSR count). The summed E-state index contributed by atoms with van der Waals surface area (Å²) in [5, 5.41) is 33.3. The molecule has 18 heteroatoms. The Bertz CT molecular complexity index is 1580. The minimum Gasteiger partial charge on any atom is -0.440 e. The zero-order chi connectivity index (χ0) is 32.4. The lowest BCUT2D eigenvalue weighted by Gasteiger charge is -2.32. The fraction of sp³-hybridized carbons (Fsp3) is 0.519. The van der Waals surface area contributed by atoms with Crippen LogP contribution in [-0.4, -0.2) is 80.2 Å². The average Bonchev–Trinajstić information content (AvgIpc) is 3.55. The smallest absolute Gasteiger partial charge is 0.440 e. The van der Waals surface area contributed by atoms with Gasteiger partial charge in [0.15, 0.2) is 12.6 Å². The number of hydrogen-bond acceptors (Lipinski definition) is 15. The molecule has 0 bridgehead atoms. The van der Waals surface area contributed by atoms with E-state index >= 15 is 0 Å². The molecule has 1 amide bonds. The van der Waals surface area contributed by atoms with Gasteiger partial charge < -0.3 is 44.2 Å². The number of fused-ring (bicyclic) bond motifs is 1. The zero-order valence-corrected chi connectivity index (χ0v) is 25.4. The number of furan rings is 1. The molecule has 1 aromatic carbocycles. The maximum atomic E-state index is 13.9. The third kappa shape index (κ3) is 7.28. The highest BCUT2D eigenvalue weighted by atomic mass is 31.2. The van der Waals surface area contributed by atoms with Crippen LogP contribution in [0.1, 0.15) is 38.4 Å². The first kappa shape index (κ1) is 33.2. The van der Waals surface area contributed by atoms with Crippen LogP contribution in [0.25, 0.3) is 11.1 Å². The summed E-state index contributed by atoms with van der Waals surface area (Å²) in [6, 6.07) is 7.89. The Morgan fingerprint density at radius 3 is 2.73 bits per heavy atom. The van der Waals surface area contributed by atoms with Gasteiger partial charge in [-0.15, -0.1) is 4.83 Å². The summed E-state index contributed by atoms with van der Waals surface area (Å²) < 4.78 is 47.8. The van der Waals surface area contributed by atoms with E-state index in [0.29, 0.717) is 22.3 Å². The first-order valence-electron chi connectivity index (χ1n) is 14.1. The number of carbonyl (C=O) groups is 1. The predicted molar refractivity (Wildman–Crippen MR) is 152 cm³/mol.